The summed E-state index contributed by atoms with van der Waals surface area (Å²) in [5.41, 5.74) is 11.3. The Morgan fingerprint density at radius 2 is 1.84 bits per heavy atom. The van der Waals surface area contributed by atoms with Crippen molar-refractivity contribution in [3.8, 4) is 39.9 Å². The highest BCUT2D eigenvalue weighted by Crippen LogP contribution is 2.36. The third kappa shape index (κ3) is 3.49. The summed E-state index contributed by atoms with van der Waals surface area (Å²) in [6.45, 7) is 3.82. The van der Waals surface area contributed by atoms with Gasteiger partial charge >= 0.3 is 0 Å². The first-order valence-corrected chi connectivity index (χ1v) is 9.61. The highest BCUT2D eigenvalue weighted by atomic mass is 19.1. The monoisotopic (exact) mass is 413 g/mol. The first-order valence-electron chi connectivity index (χ1n) is 9.61. The van der Waals surface area contributed by atoms with Crippen LogP contribution in [0.5, 0.6) is 5.75 Å². The molecule has 2 heterocycles. The molecule has 7 heteroatoms. The van der Waals surface area contributed by atoms with Gasteiger partial charge < -0.3 is 10.5 Å². The summed E-state index contributed by atoms with van der Waals surface area (Å²) in [4.78, 5) is 4.34. The number of methoxy groups -OCH3 is 1. The maximum atomic E-state index is 14.3. The van der Waals surface area contributed by atoms with Crippen LogP contribution in [0.1, 0.15) is 17.0 Å². The summed E-state index contributed by atoms with van der Waals surface area (Å²) in [6, 6.07) is 18.2. The lowest BCUT2D eigenvalue weighted by Gasteiger charge is -2.12. The van der Waals surface area contributed by atoms with Crippen molar-refractivity contribution in [2.24, 2.45) is 0 Å². The molecule has 31 heavy (non-hydrogen) atoms. The Bertz CT molecular complexity index is 1320. The lowest BCUT2D eigenvalue weighted by Crippen LogP contribution is -2.02. The first kappa shape index (κ1) is 20.1. The second kappa shape index (κ2) is 7.92. The molecule has 0 fully saturated rings. The SMILES string of the molecule is COc1ccc(-c2cc(-c3c(C)nn(-c4ccccc4)c3C)c(C#N)c(N)n2)cc1F. The Hall–Kier alpha value is -4.18. The number of halogens is 1. The smallest absolute Gasteiger partial charge is 0.165 e. The van der Waals surface area contributed by atoms with Gasteiger partial charge in [-0.3, -0.25) is 0 Å². The lowest BCUT2D eigenvalue weighted by molar-refractivity contribution is 0.386. The Balaban J connectivity index is 1.93. The Labute approximate surface area is 179 Å². The molecule has 0 saturated heterocycles. The minimum atomic E-state index is -0.504. The number of nitrogens with two attached hydrogens (primary N) is 1. The number of benzene rings is 2. The van der Waals surface area contributed by atoms with Crippen LogP contribution in [0.2, 0.25) is 0 Å². The molecule has 0 amide bonds. The van der Waals surface area contributed by atoms with Crippen molar-refractivity contribution >= 4 is 5.82 Å². The standard InChI is InChI=1S/C24H20FN5O/c1-14-23(15(2)30(29-14)17-7-5-4-6-8-17)18-12-21(28-24(27)19(18)13-26)16-9-10-22(31-3)20(25)11-16/h4-12H,1-3H3,(H2,27,28). The molecule has 2 N–H and O–H groups in total. The summed E-state index contributed by atoms with van der Waals surface area (Å²) >= 11 is 0. The molecule has 0 bridgehead atoms. The average molecular weight is 413 g/mol. The molecule has 0 aliphatic carbocycles. The van der Waals surface area contributed by atoms with Gasteiger partial charge in [-0.05, 0) is 50.2 Å². The second-order valence-corrected chi connectivity index (χ2v) is 7.07. The Kier molecular flexibility index (Phi) is 5.14. The van der Waals surface area contributed by atoms with Crippen molar-refractivity contribution in [2.75, 3.05) is 12.8 Å². The Morgan fingerprint density at radius 3 is 2.48 bits per heavy atom. The van der Waals surface area contributed by atoms with Crippen LogP contribution < -0.4 is 10.5 Å². The first-order chi connectivity index (χ1) is 14.9. The van der Waals surface area contributed by atoms with Crippen molar-refractivity contribution in [3.05, 3.63) is 77.4 Å². The molecule has 0 aliphatic rings. The average Bonchev–Trinajstić information content (AvgIpc) is 3.07. The molecule has 4 aromatic rings. The van der Waals surface area contributed by atoms with Crippen molar-refractivity contribution in [2.45, 2.75) is 13.8 Å². The number of aromatic nitrogens is 3. The molecular formula is C24H20FN5O. The predicted molar refractivity (Wildman–Crippen MR) is 117 cm³/mol. The summed E-state index contributed by atoms with van der Waals surface area (Å²) in [6.07, 6.45) is 0. The van der Waals surface area contributed by atoms with E-state index in [9.17, 15) is 9.65 Å². The number of hydrogen-bond donors (Lipinski definition) is 1. The zero-order valence-corrected chi connectivity index (χ0v) is 17.3. The maximum absolute atomic E-state index is 14.3. The van der Waals surface area contributed by atoms with Crippen LogP contribution in [0.4, 0.5) is 10.2 Å². The van der Waals surface area contributed by atoms with Crippen LogP contribution in [0.3, 0.4) is 0 Å². The molecule has 154 valence electrons. The fraction of sp³-hybridized carbons (Fsp3) is 0.125. The van der Waals surface area contributed by atoms with Gasteiger partial charge in [0, 0.05) is 22.4 Å². The van der Waals surface area contributed by atoms with Crippen LogP contribution in [0.25, 0.3) is 28.1 Å². The number of anilines is 1. The van der Waals surface area contributed by atoms with Crippen molar-refractivity contribution in [1.29, 1.82) is 5.26 Å². The molecule has 0 aliphatic heterocycles. The quantitative estimate of drug-likeness (QED) is 0.518. The van der Waals surface area contributed by atoms with Gasteiger partial charge in [0.15, 0.2) is 11.6 Å². The maximum Gasteiger partial charge on any atom is 0.165 e. The minimum Gasteiger partial charge on any atom is -0.494 e. The molecular weight excluding hydrogens is 393 g/mol. The van der Waals surface area contributed by atoms with Gasteiger partial charge in [0.2, 0.25) is 0 Å². The van der Waals surface area contributed by atoms with Gasteiger partial charge in [-0.15, -0.1) is 0 Å². The summed E-state index contributed by atoms with van der Waals surface area (Å²) in [5, 5.41) is 14.4. The summed E-state index contributed by atoms with van der Waals surface area (Å²) in [5.74, 6) is -0.283. The highest BCUT2D eigenvalue weighted by Gasteiger charge is 2.21. The van der Waals surface area contributed by atoms with E-state index in [0.29, 0.717) is 16.8 Å². The summed E-state index contributed by atoms with van der Waals surface area (Å²) in [7, 11) is 1.41. The van der Waals surface area contributed by atoms with Crippen molar-refractivity contribution in [1.82, 2.24) is 14.8 Å². The number of nitrogens with zero attached hydrogens (tertiary/aromatic N) is 4. The number of para-hydroxylation sites is 1. The number of aryl methyl sites for hydroxylation is 1. The molecule has 2 aromatic heterocycles. The van der Waals surface area contributed by atoms with Gasteiger partial charge in [0.05, 0.1) is 24.2 Å². The van der Waals surface area contributed by atoms with Crippen molar-refractivity contribution < 1.29 is 9.13 Å². The third-order valence-electron chi connectivity index (χ3n) is 5.17. The van der Waals surface area contributed by atoms with Crippen molar-refractivity contribution in [3.63, 3.8) is 0 Å². The van der Waals surface area contributed by atoms with E-state index in [0.717, 1.165) is 22.6 Å². The molecule has 6 nitrogen and oxygen atoms in total. The number of rotatable bonds is 4. The van der Waals surface area contributed by atoms with Crippen LogP contribution >= 0.6 is 0 Å². The molecule has 2 aromatic carbocycles. The largest absolute Gasteiger partial charge is 0.494 e. The topological polar surface area (TPSA) is 89.8 Å². The fourth-order valence-electron chi connectivity index (χ4n) is 3.71. The number of nitrogen functional groups attached to an aromatic ring is 1. The van der Waals surface area contributed by atoms with E-state index >= 15 is 0 Å². The van der Waals surface area contributed by atoms with E-state index in [-0.39, 0.29) is 17.1 Å². The van der Waals surface area contributed by atoms with Crippen LogP contribution in [-0.2, 0) is 0 Å². The lowest BCUT2D eigenvalue weighted by atomic mass is 9.97. The number of ether oxygens (including phenoxy) is 1. The zero-order valence-electron chi connectivity index (χ0n) is 17.3. The van der Waals surface area contributed by atoms with Crippen LogP contribution in [0.15, 0.2) is 54.6 Å². The normalized spacial score (nSPS) is 10.7. The molecule has 0 atom stereocenters. The van der Waals surface area contributed by atoms with Gasteiger partial charge in [-0.2, -0.15) is 10.4 Å². The van der Waals surface area contributed by atoms with Gasteiger partial charge in [-0.25, -0.2) is 14.1 Å². The van der Waals surface area contributed by atoms with Gasteiger partial charge in [-0.1, -0.05) is 18.2 Å². The minimum absolute atomic E-state index is 0.0810. The summed E-state index contributed by atoms with van der Waals surface area (Å²) < 4.78 is 21.1. The highest BCUT2D eigenvalue weighted by molar-refractivity contribution is 5.82. The number of pyridine rings is 1. The van der Waals surface area contributed by atoms with E-state index in [2.05, 4.69) is 16.2 Å². The molecule has 0 spiro atoms. The molecule has 0 unspecified atom stereocenters. The second-order valence-electron chi connectivity index (χ2n) is 7.07. The van der Waals surface area contributed by atoms with Gasteiger partial charge in [0.25, 0.3) is 0 Å². The number of nitriles is 1. The molecule has 0 saturated carbocycles. The van der Waals surface area contributed by atoms with E-state index in [1.54, 1.807) is 12.1 Å². The van der Waals surface area contributed by atoms with E-state index in [1.807, 2.05) is 48.9 Å². The van der Waals surface area contributed by atoms with Crippen LogP contribution in [0, 0.1) is 31.0 Å². The van der Waals surface area contributed by atoms with E-state index < -0.39 is 5.82 Å². The van der Waals surface area contributed by atoms with Gasteiger partial charge in [0.1, 0.15) is 17.5 Å². The third-order valence-corrected chi connectivity index (χ3v) is 5.17. The molecule has 0 radical (unpaired) electrons. The Morgan fingerprint density at radius 1 is 1.10 bits per heavy atom. The number of hydrogen-bond acceptors (Lipinski definition) is 5. The molecule has 4 rings (SSSR count). The predicted octanol–water partition coefficient (Wildman–Crippen LogP) is 4.82. The fourth-order valence-corrected chi connectivity index (χ4v) is 3.71. The van der Waals surface area contributed by atoms with E-state index in [1.165, 1.54) is 19.2 Å². The van der Waals surface area contributed by atoms with E-state index in [4.69, 9.17) is 10.5 Å². The zero-order chi connectivity index (χ0) is 22.1. The van der Waals surface area contributed by atoms with Crippen LogP contribution in [-0.4, -0.2) is 21.9 Å².